The zero-order valence-corrected chi connectivity index (χ0v) is 12.9. The molecule has 3 nitrogen and oxygen atoms in total. The summed E-state index contributed by atoms with van der Waals surface area (Å²) in [6.07, 6.45) is 1.99. The molecule has 0 aromatic heterocycles. The fourth-order valence-electron chi connectivity index (χ4n) is 3.41. The minimum absolute atomic E-state index is 0.906. The van der Waals surface area contributed by atoms with Gasteiger partial charge in [0.15, 0.2) is 0 Å². The van der Waals surface area contributed by atoms with Crippen LogP contribution in [0.3, 0.4) is 0 Å². The average Bonchev–Trinajstić information content (AvgIpc) is 3.47. The molecule has 0 amide bonds. The predicted molar refractivity (Wildman–Crippen MR) is 89.8 cm³/mol. The van der Waals surface area contributed by atoms with E-state index in [1.807, 2.05) is 97.3 Å². The highest BCUT2D eigenvalue weighted by Gasteiger charge is 2.69. The molecule has 0 atom stereocenters. The molecule has 1 heterocycles. The fraction of sp³-hybridized carbons (Fsp3) is 0.0952. The standard InChI is InChI=1S/C21H15O3/c22-16-20(23-24-20)21(17-10-4-1-5-11-17,18-12-6-2-7-13-18)19-14-8-3-9-15-19/h1-15H. The Morgan fingerprint density at radius 3 is 1.21 bits per heavy atom. The molecule has 0 aliphatic carbocycles. The highest BCUT2D eigenvalue weighted by atomic mass is 17.4. The van der Waals surface area contributed by atoms with Gasteiger partial charge in [0.2, 0.25) is 0 Å². The first-order valence-corrected chi connectivity index (χ1v) is 7.76. The summed E-state index contributed by atoms with van der Waals surface area (Å²) in [5, 5.41) is 0. The van der Waals surface area contributed by atoms with Crippen LogP contribution < -0.4 is 0 Å². The maximum atomic E-state index is 11.9. The Labute approximate surface area is 140 Å². The summed E-state index contributed by atoms with van der Waals surface area (Å²) in [6, 6.07) is 29.3. The van der Waals surface area contributed by atoms with E-state index in [1.54, 1.807) is 0 Å². The molecule has 4 rings (SSSR count). The molecule has 0 saturated carbocycles. The molecule has 117 valence electrons. The number of carbonyl (C=O) groups excluding carboxylic acids is 1. The Morgan fingerprint density at radius 2 is 0.958 bits per heavy atom. The monoisotopic (exact) mass is 315 g/mol. The first-order chi connectivity index (χ1) is 11.8. The van der Waals surface area contributed by atoms with Gasteiger partial charge in [-0.2, -0.15) is 9.78 Å². The molecule has 0 N–H and O–H groups in total. The van der Waals surface area contributed by atoms with E-state index in [0.717, 1.165) is 16.7 Å². The van der Waals surface area contributed by atoms with E-state index in [9.17, 15) is 4.79 Å². The largest absolute Gasteiger partial charge is 0.316 e. The van der Waals surface area contributed by atoms with Crippen molar-refractivity contribution in [2.75, 3.05) is 0 Å². The maximum Gasteiger partial charge on any atom is 0.316 e. The normalized spacial score (nSPS) is 15.7. The summed E-state index contributed by atoms with van der Waals surface area (Å²) in [6.45, 7) is 0. The van der Waals surface area contributed by atoms with Gasteiger partial charge in [-0.3, -0.25) is 4.79 Å². The molecule has 1 fully saturated rings. The van der Waals surface area contributed by atoms with E-state index in [2.05, 4.69) is 0 Å². The van der Waals surface area contributed by atoms with E-state index >= 15 is 0 Å². The van der Waals surface area contributed by atoms with Crippen LogP contribution in [0.15, 0.2) is 91.0 Å². The van der Waals surface area contributed by atoms with Gasteiger partial charge >= 0.3 is 5.79 Å². The van der Waals surface area contributed by atoms with E-state index in [-0.39, 0.29) is 0 Å². The summed E-state index contributed by atoms with van der Waals surface area (Å²) in [7, 11) is 0. The van der Waals surface area contributed by atoms with Crippen molar-refractivity contribution in [3.05, 3.63) is 108 Å². The molecular formula is C21H15O3. The lowest BCUT2D eigenvalue weighted by Crippen LogP contribution is -2.45. The molecule has 1 saturated heterocycles. The maximum absolute atomic E-state index is 11.9. The van der Waals surface area contributed by atoms with Gasteiger partial charge < -0.3 is 0 Å². The Hall–Kier alpha value is -2.75. The Bertz CT molecular complexity index is 728. The van der Waals surface area contributed by atoms with Crippen molar-refractivity contribution in [3.63, 3.8) is 0 Å². The molecule has 3 heteroatoms. The predicted octanol–water partition coefficient (Wildman–Crippen LogP) is 3.79. The van der Waals surface area contributed by atoms with Crippen molar-refractivity contribution in [1.82, 2.24) is 0 Å². The zero-order chi connectivity index (χ0) is 16.5. The van der Waals surface area contributed by atoms with Gasteiger partial charge in [0.25, 0.3) is 6.29 Å². The van der Waals surface area contributed by atoms with Crippen LogP contribution in [0.4, 0.5) is 0 Å². The lowest BCUT2D eigenvalue weighted by molar-refractivity contribution is 0.0850. The molecule has 0 spiro atoms. The van der Waals surface area contributed by atoms with E-state index in [4.69, 9.17) is 9.78 Å². The van der Waals surface area contributed by atoms with Crippen LogP contribution in [0.25, 0.3) is 0 Å². The molecule has 1 radical (unpaired) electrons. The van der Waals surface area contributed by atoms with Crippen LogP contribution in [0, 0.1) is 0 Å². The summed E-state index contributed by atoms with van der Waals surface area (Å²) in [5.74, 6) is -1.49. The first kappa shape index (κ1) is 14.8. The van der Waals surface area contributed by atoms with Gasteiger partial charge in [0.05, 0.1) is 0 Å². The SMILES string of the molecule is O=[C]C1(C(c2ccccc2)(c2ccccc2)c2ccccc2)OO1. The van der Waals surface area contributed by atoms with Crippen molar-refractivity contribution in [3.8, 4) is 0 Å². The number of hydrogen-bond acceptors (Lipinski definition) is 3. The zero-order valence-electron chi connectivity index (χ0n) is 12.9. The molecule has 3 aromatic rings. The molecule has 3 aromatic carbocycles. The van der Waals surface area contributed by atoms with Gasteiger partial charge in [0, 0.05) is 0 Å². The Kier molecular flexibility index (Phi) is 3.53. The van der Waals surface area contributed by atoms with Crippen molar-refractivity contribution < 1.29 is 14.6 Å². The van der Waals surface area contributed by atoms with Crippen molar-refractivity contribution in [2.45, 2.75) is 11.2 Å². The molecule has 1 aliphatic heterocycles. The first-order valence-electron chi connectivity index (χ1n) is 7.76. The number of rotatable bonds is 5. The van der Waals surface area contributed by atoms with Crippen molar-refractivity contribution in [2.24, 2.45) is 0 Å². The van der Waals surface area contributed by atoms with Gasteiger partial charge in [-0.05, 0) is 16.7 Å². The van der Waals surface area contributed by atoms with Crippen LogP contribution >= 0.6 is 0 Å². The van der Waals surface area contributed by atoms with Gasteiger partial charge in [-0.25, -0.2) is 0 Å². The fourth-order valence-corrected chi connectivity index (χ4v) is 3.41. The number of benzene rings is 3. The Balaban J connectivity index is 2.10. The van der Waals surface area contributed by atoms with Crippen LogP contribution in [0.5, 0.6) is 0 Å². The second kappa shape index (κ2) is 5.71. The Morgan fingerprint density at radius 1 is 0.625 bits per heavy atom. The lowest BCUT2D eigenvalue weighted by atomic mass is 9.65. The van der Waals surface area contributed by atoms with Gasteiger partial charge in [-0.15, -0.1) is 0 Å². The van der Waals surface area contributed by atoms with Crippen molar-refractivity contribution >= 4 is 6.29 Å². The summed E-state index contributed by atoms with van der Waals surface area (Å²) < 4.78 is 0. The molecule has 0 unspecified atom stereocenters. The highest BCUT2D eigenvalue weighted by Crippen LogP contribution is 2.54. The molecule has 0 bridgehead atoms. The third-order valence-corrected chi connectivity index (χ3v) is 4.50. The molecular weight excluding hydrogens is 300 g/mol. The topological polar surface area (TPSA) is 42.1 Å². The van der Waals surface area contributed by atoms with Crippen molar-refractivity contribution in [1.29, 1.82) is 0 Å². The third kappa shape index (κ3) is 2.03. The van der Waals surface area contributed by atoms with Crippen LogP contribution in [0.1, 0.15) is 16.7 Å². The second-order valence-corrected chi connectivity index (χ2v) is 5.73. The quantitative estimate of drug-likeness (QED) is 0.409. The minimum Gasteiger partial charge on any atom is -0.284 e. The van der Waals surface area contributed by atoms with E-state index in [0.29, 0.717) is 0 Å². The lowest BCUT2D eigenvalue weighted by Gasteiger charge is -2.35. The van der Waals surface area contributed by atoms with Gasteiger partial charge in [0.1, 0.15) is 5.41 Å². The van der Waals surface area contributed by atoms with Crippen LogP contribution in [0.2, 0.25) is 0 Å². The minimum atomic E-state index is -1.49. The van der Waals surface area contributed by atoms with E-state index < -0.39 is 11.2 Å². The van der Waals surface area contributed by atoms with Crippen LogP contribution in [-0.4, -0.2) is 12.1 Å². The third-order valence-electron chi connectivity index (χ3n) is 4.50. The van der Waals surface area contributed by atoms with Gasteiger partial charge in [-0.1, -0.05) is 91.0 Å². The second-order valence-electron chi connectivity index (χ2n) is 5.73. The summed E-state index contributed by atoms with van der Waals surface area (Å²) in [5.41, 5.74) is 1.79. The number of hydrogen-bond donors (Lipinski definition) is 0. The van der Waals surface area contributed by atoms with Crippen LogP contribution in [-0.2, 0) is 20.0 Å². The summed E-state index contributed by atoms with van der Waals surface area (Å²) >= 11 is 0. The van der Waals surface area contributed by atoms with E-state index in [1.165, 1.54) is 0 Å². The smallest absolute Gasteiger partial charge is 0.284 e. The highest BCUT2D eigenvalue weighted by molar-refractivity contribution is 5.73. The summed E-state index contributed by atoms with van der Waals surface area (Å²) in [4.78, 5) is 22.4. The molecule has 24 heavy (non-hydrogen) atoms. The average molecular weight is 315 g/mol. The molecule has 1 aliphatic rings.